The second kappa shape index (κ2) is 6.50. The number of amides is 1. The van der Waals surface area contributed by atoms with Crippen molar-refractivity contribution in [2.45, 2.75) is 31.7 Å². The number of aryl methyl sites for hydroxylation is 1. The number of nitrogens with zero attached hydrogens (tertiary/aromatic N) is 4. The van der Waals surface area contributed by atoms with Gasteiger partial charge < -0.3 is 19.1 Å². The highest BCUT2D eigenvalue weighted by atomic mass is 16.5. The number of rotatable bonds is 2. The first-order valence-electron chi connectivity index (χ1n) is 10.1. The van der Waals surface area contributed by atoms with Gasteiger partial charge in [0, 0.05) is 39.1 Å². The van der Waals surface area contributed by atoms with Gasteiger partial charge in [0.15, 0.2) is 0 Å². The molecule has 0 unspecified atom stereocenters. The van der Waals surface area contributed by atoms with E-state index in [1.165, 1.54) is 13.5 Å². The number of piperidine rings is 3. The molecule has 3 atom stereocenters. The number of hydrogen-bond donors (Lipinski definition) is 0. The molecule has 0 radical (unpaired) electrons. The van der Waals surface area contributed by atoms with Gasteiger partial charge in [-0.05, 0) is 49.3 Å². The Kier molecular flexibility index (Phi) is 4.07. The monoisotopic (exact) mass is 382 g/mol. The molecule has 5 rings (SSSR count). The zero-order valence-electron chi connectivity index (χ0n) is 16.4. The zero-order chi connectivity index (χ0) is 19.4. The van der Waals surface area contributed by atoms with E-state index in [4.69, 9.17) is 9.72 Å². The van der Waals surface area contributed by atoms with Gasteiger partial charge in [0.05, 0.1) is 23.7 Å². The summed E-state index contributed by atoms with van der Waals surface area (Å²) in [5.74, 6) is 1.97. The molecule has 3 aliphatic rings. The first-order chi connectivity index (χ1) is 13.5. The number of esters is 1. The molecule has 1 amide bonds. The lowest BCUT2D eigenvalue weighted by Gasteiger charge is -2.52. The highest BCUT2D eigenvalue weighted by Gasteiger charge is 2.44. The van der Waals surface area contributed by atoms with E-state index in [2.05, 4.69) is 14.4 Å². The van der Waals surface area contributed by atoms with E-state index in [0.29, 0.717) is 35.8 Å². The molecule has 3 aliphatic heterocycles. The molecule has 1 aromatic heterocycles. The number of methoxy groups -OCH3 is 1. The number of anilines is 1. The van der Waals surface area contributed by atoms with Crippen LogP contribution in [0.3, 0.4) is 0 Å². The Hall–Kier alpha value is -2.57. The summed E-state index contributed by atoms with van der Waals surface area (Å²) in [4.78, 5) is 33.6. The van der Waals surface area contributed by atoms with E-state index in [9.17, 15) is 9.59 Å². The molecule has 2 aromatic rings. The van der Waals surface area contributed by atoms with Crippen LogP contribution in [0.1, 0.15) is 36.0 Å². The average Bonchev–Trinajstić information content (AvgIpc) is 3.04. The van der Waals surface area contributed by atoms with Crippen molar-refractivity contribution in [2.24, 2.45) is 18.9 Å². The van der Waals surface area contributed by atoms with Crippen molar-refractivity contribution in [2.75, 3.05) is 31.6 Å². The van der Waals surface area contributed by atoms with E-state index in [-0.39, 0.29) is 5.97 Å². The SMILES string of the molecule is COC(=O)c1ccc2c(c1)nc(N1C[C@H]3C[C@H](C1)[C@@H]1CCCC(=O)N1C3)n2C. The molecule has 148 valence electrons. The Morgan fingerprint density at radius 1 is 1.25 bits per heavy atom. The first-order valence-corrected chi connectivity index (χ1v) is 10.1. The summed E-state index contributed by atoms with van der Waals surface area (Å²) in [5, 5.41) is 0. The van der Waals surface area contributed by atoms with E-state index in [1.54, 1.807) is 12.1 Å². The second-order valence-electron chi connectivity index (χ2n) is 8.44. The standard InChI is InChI=1S/C21H26N4O3/c1-23-18-7-6-14(20(27)28-2)9-16(18)22-21(23)24-10-13-8-15(12-24)17-4-3-5-19(26)25(17)11-13/h6-7,9,13,15,17H,3-5,8,10-12H2,1-2H3/t13-,15-,17+/m1/s1. The quantitative estimate of drug-likeness (QED) is 0.745. The fourth-order valence-corrected chi connectivity index (χ4v) is 5.49. The van der Waals surface area contributed by atoms with Crippen LogP contribution in [0.4, 0.5) is 5.95 Å². The summed E-state index contributed by atoms with van der Waals surface area (Å²) in [7, 11) is 3.42. The normalized spacial score (nSPS) is 27.1. The number of fused-ring (bicyclic) bond motifs is 5. The molecule has 1 aromatic carbocycles. The Labute approximate surface area is 164 Å². The highest BCUT2D eigenvalue weighted by Crippen LogP contribution is 2.39. The Morgan fingerprint density at radius 3 is 2.93 bits per heavy atom. The van der Waals surface area contributed by atoms with Crippen molar-refractivity contribution in [1.29, 1.82) is 0 Å². The topological polar surface area (TPSA) is 67.7 Å². The van der Waals surface area contributed by atoms with Crippen molar-refractivity contribution in [3.63, 3.8) is 0 Å². The number of hydrogen-bond acceptors (Lipinski definition) is 5. The number of aromatic nitrogens is 2. The third-order valence-electron chi connectivity index (χ3n) is 6.74. The van der Waals surface area contributed by atoms with Crippen LogP contribution >= 0.6 is 0 Å². The average molecular weight is 382 g/mol. The lowest BCUT2D eigenvalue weighted by Crippen LogP contribution is -2.60. The lowest BCUT2D eigenvalue weighted by molar-refractivity contribution is -0.142. The minimum absolute atomic E-state index is 0.344. The van der Waals surface area contributed by atoms with Crippen LogP contribution in [0.5, 0.6) is 0 Å². The summed E-state index contributed by atoms with van der Waals surface area (Å²) in [6.07, 6.45) is 4.07. The van der Waals surface area contributed by atoms with Gasteiger partial charge >= 0.3 is 5.97 Å². The molecule has 0 saturated carbocycles. The van der Waals surface area contributed by atoms with Crippen molar-refractivity contribution < 1.29 is 14.3 Å². The molecular weight excluding hydrogens is 356 g/mol. The minimum Gasteiger partial charge on any atom is -0.465 e. The van der Waals surface area contributed by atoms with Crippen molar-refractivity contribution in [3.8, 4) is 0 Å². The van der Waals surface area contributed by atoms with Crippen LogP contribution in [0.2, 0.25) is 0 Å². The number of carbonyl (C=O) groups is 2. The van der Waals surface area contributed by atoms with Gasteiger partial charge in [-0.15, -0.1) is 0 Å². The fraction of sp³-hybridized carbons (Fsp3) is 0.571. The third-order valence-corrected chi connectivity index (χ3v) is 6.74. The maximum absolute atomic E-state index is 12.4. The fourth-order valence-electron chi connectivity index (χ4n) is 5.49. The van der Waals surface area contributed by atoms with Gasteiger partial charge in [-0.3, -0.25) is 4.79 Å². The molecular formula is C21H26N4O3. The smallest absolute Gasteiger partial charge is 0.337 e. The Bertz CT molecular complexity index is 953. The van der Waals surface area contributed by atoms with Gasteiger partial charge in [0.25, 0.3) is 0 Å². The van der Waals surface area contributed by atoms with Crippen LogP contribution in [0.25, 0.3) is 11.0 Å². The Morgan fingerprint density at radius 2 is 2.11 bits per heavy atom. The number of ether oxygens (including phenoxy) is 1. The summed E-state index contributed by atoms with van der Waals surface area (Å²) >= 11 is 0. The van der Waals surface area contributed by atoms with Gasteiger partial charge in [-0.1, -0.05) is 0 Å². The molecule has 4 heterocycles. The first kappa shape index (κ1) is 17.5. The van der Waals surface area contributed by atoms with Crippen LogP contribution in [-0.4, -0.2) is 59.1 Å². The summed E-state index contributed by atoms with van der Waals surface area (Å²) in [6, 6.07) is 5.91. The van der Waals surface area contributed by atoms with E-state index < -0.39 is 0 Å². The molecule has 28 heavy (non-hydrogen) atoms. The van der Waals surface area contributed by atoms with Crippen LogP contribution in [-0.2, 0) is 16.6 Å². The second-order valence-corrected chi connectivity index (χ2v) is 8.44. The summed E-state index contributed by atoms with van der Waals surface area (Å²) in [5.41, 5.74) is 2.34. The number of carbonyl (C=O) groups excluding carboxylic acids is 2. The molecule has 3 saturated heterocycles. The molecule has 3 fully saturated rings. The summed E-state index contributed by atoms with van der Waals surface area (Å²) < 4.78 is 6.94. The molecule has 0 aliphatic carbocycles. The van der Waals surface area contributed by atoms with Crippen LogP contribution in [0, 0.1) is 11.8 Å². The molecule has 0 spiro atoms. The van der Waals surface area contributed by atoms with Gasteiger partial charge in [0.2, 0.25) is 11.9 Å². The van der Waals surface area contributed by atoms with E-state index >= 15 is 0 Å². The highest BCUT2D eigenvalue weighted by molar-refractivity contribution is 5.94. The molecule has 2 bridgehead atoms. The molecule has 0 N–H and O–H groups in total. The zero-order valence-corrected chi connectivity index (χ0v) is 16.4. The molecule has 7 nitrogen and oxygen atoms in total. The van der Waals surface area contributed by atoms with Crippen molar-refractivity contribution in [3.05, 3.63) is 23.8 Å². The van der Waals surface area contributed by atoms with E-state index in [1.807, 2.05) is 13.1 Å². The predicted molar refractivity (Wildman–Crippen MR) is 105 cm³/mol. The summed E-state index contributed by atoms with van der Waals surface area (Å²) in [6.45, 7) is 2.74. The Balaban J connectivity index is 1.45. The number of imidazole rings is 1. The van der Waals surface area contributed by atoms with Gasteiger partial charge in [-0.2, -0.15) is 0 Å². The maximum atomic E-state index is 12.4. The van der Waals surface area contributed by atoms with Crippen molar-refractivity contribution in [1.82, 2.24) is 14.5 Å². The lowest BCUT2D eigenvalue weighted by atomic mass is 9.76. The number of benzene rings is 1. The maximum Gasteiger partial charge on any atom is 0.337 e. The van der Waals surface area contributed by atoms with Crippen LogP contribution < -0.4 is 4.90 Å². The van der Waals surface area contributed by atoms with Crippen LogP contribution in [0.15, 0.2) is 18.2 Å². The van der Waals surface area contributed by atoms with Gasteiger partial charge in [-0.25, -0.2) is 9.78 Å². The largest absolute Gasteiger partial charge is 0.465 e. The van der Waals surface area contributed by atoms with Gasteiger partial charge in [0.1, 0.15) is 0 Å². The molecule has 7 heteroatoms. The minimum atomic E-state index is -0.344. The van der Waals surface area contributed by atoms with Crippen molar-refractivity contribution >= 4 is 28.9 Å². The van der Waals surface area contributed by atoms with E-state index in [0.717, 1.165) is 49.5 Å². The predicted octanol–water partition coefficient (Wildman–Crippen LogP) is 2.20. The third kappa shape index (κ3) is 2.67.